The molecule has 0 spiro atoms. The normalized spacial score (nSPS) is 10.3. The molecule has 0 amide bonds. The first kappa shape index (κ1) is 13.2. The molecule has 1 nitrogen and oxygen atoms in total. The fourth-order valence-electron chi connectivity index (χ4n) is 1.33. The zero-order chi connectivity index (χ0) is 12.3. The van der Waals surface area contributed by atoms with Crippen molar-refractivity contribution in [2.24, 2.45) is 0 Å². The van der Waals surface area contributed by atoms with Crippen LogP contribution in [0.2, 0.25) is 5.02 Å². The van der Waals surface area contributed by atoms with E-state index in [9.17, 15) is 0 Å². The van der Waals surface area contributed by atoms with Crippen molar-refractivity contribution in [2.75, 3.05) is 0 Å². The molecule has 0 fully saturated rings. The lowest BCUT2D eigenvalue weighted by molar-refractivity contribution is 0.306. The Morgan fingerprint density at radius 2 is 1.82 bits per heavy atom. The smallest absolute Gasteiger partial charge is 0.119 e. The first-order valence-electron chi connectivity index (χ1n) is 4.97. The maximum Gasteiger partial charge on any atom is 0.119 e. The van der Waals surface area contributed by atoms with Gasteiger partial charge in [-0.3, -0.25) is 0 Å². The molecule has 0 aromatic heterocycles. The monoisotopic (exact) mass is 422 g/mol. The Labute approximate surface area is 127 Å². The standard InChI is InChI=1S/C13H9BrClIO/c14-10-2-1-9(13(15)7-10)8-17-12-5-3-11(16)4-6-12/h1-7H,8H2. The van der Waals surface area contributed by atoms with Crippen molar-refractivity contribution in [3.63, 3.8) is 0 Å². The Hall–Kier alpha value is -0.260. The molecule has 0 N–H and O–H groups in total. The zero-order valence-corrected chi connectivity index (χ0v) is 13.3. The maximum absolute atomic E-state index is 6.11. The third-order valence-electron chi connectivity index (χ3n) is 2.22. The van der Waals surface area contributed by atoms with Crippen molar-refractivity contribution in [1.82, 2.24) is 0 Å². The predicted octanol–water partition coefficient (Wildman–Crippen LogP) is 5.29. The van der Waals surface area contributed by atoms with E-state index < -0.39 is 0 Å². The number of rotatable bonds is 3. The molecule has 0 radical (unpaired) electrons. The van der Waals surface area contributed by atoms with Gasteiger partial charge in [-0.2, -0.15) is 0 Å². The van der Waals surface area contributed by atoms with Gasteiger partial charge in [0.05, 0.1) is 0 Å². The lowest BCUT2D eigenvalue weighted by Gasteiger charge is -2.08. The van der Waals surface area contributed by atoms with E-state index in [4.69, 9.17) is 16.3 Å². The van der Waals surface area contributed by atoms with Crippen molar-refractivity contribution in [1.29, 1.82) is 0 Å². The van der Waals surface area contributed by atoms with Crippen LogP contribution in [0, 0.1) is 3.57 Å². The summed E-state index contributed by atoms with van der Waals surface area (Å²) in [5, 5.41) is 0.713. The minimum absolute atomic E-state index is 0.479. The van der Waals surface area contributed by atoms with Crippen molar-refractivity contribution in [3.05, 3.63) is 61.1 Å². The summed E-state index contributed by atoms with van der Waals surface area (Å²) >= 11 is 11.7. The van der Waals surface area contributed by atoms with Crippen molar-refractivity contribution in [3.8, 4) is 5.75 Å². The SMILES string of the molecule is Clc1cc(Br)ccc1COc1ccc(I)cc1. The fourth-order valence-corrected chi connectivity index (χ4v) is 2.42. The summed E-state index contributed by atoms with van der Waals surface area (Å²) in [6.07, 6.45) is 0. The van der Waals surface area contributed by atoms with Crippen molar-refractivity contribution in [2.45, 2.75) is 6.61 Å². The largest absolute Gasteiger partial charge is 0.489 e. The summed E-state index contributed by atoms with van der Waals surface area (Å²) in [6.45, 7) is 0.479. The van der Waals surface area contributed by atoms with Gasteiger partial charge in [0.2, 0.25) is 0 Å². The molecule has 0 aliphatic carbocycles. The summed E-state index contributed by atoms with van der Waals surface area (Å²) in [4.78, 5) is 0. The predicted molar refractivity (Wildman–Crippen MR) is 82.6 cm³/mol. The number of benzene rings is 2. The number of hydrogen-bond acceptors (Lipinski definition) is 1. The first-order valence-corrected chi connectivity index (χ1v) is 7.22. The van der Waals surface area contributed by atoms with Crippen LogP contribution in [0.15, 0.2) is 46.9 Å². The van der Waals surface area contributed by atoms with Crippen molar-refractivity contribution >= 4 is 50.1 Å². The Morgan fingerprint density at radius 3 is 2.47 bits per heavy atom. The van der Waals surface area contributed by atoms with Gasteiger partial charge in [-0.05, 0) is 59.0 Å². The molecule has 0 unspecified atom stereocenters. The van der Waals surface area contributed by atoms with Crippen LogP contribution in [0.3, 0.4) is 0 Å². The highest BCUT2D eigenvalue weighted by Gasteiger charge is 2.02. The van der Waals surface area contributed by atoms with Crippen LogP contribution in [-0.4, -0.2) is 0 Å². The van der Waals surface area contributed by atoms with E-state index in [-0.39, 0.29) is 0 Å². The van der Waals surface area contributed by atoms with E-state index in [1.165, 1.54) is 3.57 Å². The minimum atomic E-state index is 0.479. The third kappa shape index (κ3) is 3.86. The van der Waals surface area contributed by atoms with Crippen LogP contribution in [0.1, 0.15) is 5.56 Å². The van der Waals surface area contributed by atoms with Crippen LogP contribution in [0.5, 0.6) is 5.75 Å². The van der Waals surface area contributed by atoms with Gasteiger partial charge < -0.3 is 4.74 Å². The van der Waals surface area contributed by atoms with Gasteiger partial charge in [0.1, 0.15) is 12.4 Å². The molecule has 0 atom stereocenters. The second-order valence-electron chi connectivity index (χ2n) is 3.48. The van der Waals surface area contributed by atoms with Crippen molar-refractivity contribution < 1.29 is 4.74 Å². The van der Waals surface area contributed by atoms with Gasteiger partial charge in [0.15, 0.2) is 0 Å². The summed E-state index contributed by atoms with van der Waals surface area (Å²) in [5.41, 5.74) is 0.980. The number of hydrogen-bond donors (Lipinski definition) is 0. The summed E-state index contributed by atoms with van der Waals surface area (Å²) in [6, 6.07) is 13.7. The molecule has 0 saturated heterocycles. The van der Waals surface area contributed by atoms with Crippen LogP contribution in [0.25, 0.3) is 0 Å². The second kappa shape index (κ2) is 6.07. The van der Waals surface area contributed by atoms with E-state index in [0.717, 1.165) is 15.8 Å². The topological polar surface area (TPSA) is 9.23 Å². The molecular weight excluding hydrogens is 414 g/mol. The van der Waals surface area contributed by atoms with E-state index in [1.54, 1.807) is 0 Å². The molecule has 0 saturated carbocycles. The molecular formula is C13H9BrClIO. The molecule has 0 bridgehead atoms. The quantitative estimate of drug-likeness (QED) is 0.610. The van der Waals surface area contributed by atoms with Gasteiger partial charge in [-0.25, -0.2) is 0 Å². The second-order valence-corrected chi connectivity index (χ2v) is 6.05. The molecule has 0 heterocycles. The van der Waals surface area contributed by atoms with E-state index in [2.05, 4.69) is 38.5 Å². The molecule has 2 aromatic rings. The molecule has 4 heteroatoms. The lowest BCUT2D eigenvalue weighted by atomic mass is 10.2. The van der Waals surface area contributed by atoms with E-state index >= 15 is 0 Å². The molecule has 0 aliphatic heterocycles. The van der Waals surface area contributed by atoms with Gasteiger partial charge in [-0.1, -0.05) is 33.6 Å². The molecule has 17 heavy (non-hydrogen) atoms. The average Bonchev–Trinajstić information content (AvgIpc) is 2.30. The number of ether oxygens (including phenoxy) is 1. The first-order chi connectivity index (χ1) is 8.15. The summed E-state index contributed by atoms with van der Waals surface area (Å²) in [5.74, 6) is 0.851. The van der Waals surface area contributed by atoms with Crippen LogP contribution < -0.4 is 4.74 Å². The average molecular weight is 423 g/mol. The summed E-state index contributed by atoms with van der Waals surface area (Å²) < 4.78 is 7.83. The Kier molecular flexibility index (Phi) is 4.70. The number of halogens is 3. The Morgan fingerprint density at radius 1 is 1.12 bits per heavy atom. The highest BCUT2D eigenvalue weighted by Crippen LogP contribution is 2.23. The van der Waals surface area contributed by atoms with Crippen LogP contribution >= 0.6 is 50.1 Å². The minimum Gasteiger partial charge on any atom is -0.489 e. The lowest BCUT2D eigenvalue weighted by Crippen LogP contribution is -1.96. The van der Waals surface area contributed by atoms with Gasteiger partial charge >= 0.3 is 0 Å². The molecule has 2 rings (SSSR count). The van der Waals surface area contributed by atoms with Crippen LogP contribution in [-0.2, 0) is 6.61 Å². The summed E-state index contributed by atoms with van der Waals surface area (Å²) in [7, 11) is 0. The molecule has 2 aromatic carbocycles. The van der Waals surface area contributed by atoms with E-state index in [0.29, 0.717) is 11.6 Å². The zero-order valence-electron chi connectivity index (χ0n) is 8.79. The Balaban J connectivity index is 2.04. The van der Waals surface area contributed by atoms with Crippen LogP contribution in [0.4, 0.5) is 0 Å². The fraction of sp³-hybridized carbons (Fsp3) is 0.0769. The Bertz CT molecular complexity index is 513. The van der Waals surface area contributed by atoms with Gasteiger partial charge in [0.25, 0.3) is 0 Å². The molecule has 0 aliphatic rings. The third-order valence-corrected chi connectivity index (χ3v) is 3.79. The van der Waals surface area contributed by atoms with E-state index in [1.807, 2.05) is 42.5 Å². The molecule has 88 valence electrons. The van der Waals surface area contributed by atoms with Gasteiger partial charge in [-0.15, -0.1) is 0 Å². The highest BCUT2D eigenvalue weighted by molar-refractivity contribution is 14.1. The van der Waals surface area contributed by atoms with Gasteiger partial charge in [0, 0.05) is 18.6 Å². The highest BCUT2D eigenvalue weighted by atomic mass is 127. The maximum atomic E-state index is 6.11.